The number of aryl methyl sites for hydroxylation is 2. The molecule has 1 N–H and O–H groups in total. The molecule has 7 heteroatoms. The summed E-state index contributed by atoms with van der Waals surface area (Å²) in [4.78, 5) is 13.1. The predicted molar refractivity (Wildman–Crippen MR) is 117 cm³/mol. The van der Waals surface area contributed by atoms with E-state index in [4.69, 9.17) is 4.74 Å². The van der Waals surface area contributed by atoms with E-state index in [0.29, 0.717) is 17.9 Å². The highest BCUT2D eigenvalue weighted by molar-refractivity contribution is 7.92. The van der Waals surface area contributed by atoms with Crippen LogP contribution in [0.5, 0.6) is 5.75 Å². The number of rotatable bonds is 8. The van der Waals surface area contributed by atoms with E-state index in [9.17, 15) is 13.2 Å². The molecule has 2 aromatic rings. The Balaban J connectivity index is 2.33. The summed E-state index contributed by atoms with van der Waals surface area (Å²) in [7, 11) is -2.14. The molecule has 2 atom stereocenters. The summed E-state index contributed by atoms with van der Waals surface area (Å²) in [6, 6.07) is 11.6. The smallest absolute Gasteiger partial charge is 0.244 e. The zero-order valence-electron chi connectivity index (χ0n) is 17.9. The summed E-state index contributed by atoms with van der Waals surface area (Å²) in [5.41, 5.74) is 3.62. The second-order valence-corrected chi connectivity index (χ2v) is 9.13. The first-order valence-electron chi connectivity index (χ1n) is 9.59. The molecule has 0 heterocycles. The van der Waals surface area contributed by atoms with Crippen molar-refractivity contribution < 1.29 is 17.9 Å². The van der Waals surface area contributed by atoms with Crippen LogP contribution in [0.3, 0.4) is 0 Å². The number of carbonyl (C=O) groups is 1. The van der Waals surface area contributed by atoms with Gasteiger partial charge in [-0.25, -0.2) is 8.42 Å². The molecule has 2 unspecified atom stereocenters. The van der Waals surface area contributed by atoms with Crippen LogP contribution in [0.15, 0.2) is 42.5 Å². The number of hydrogen-bond donors (Lipinski definition) is 1. The van der Waals surface area contributed by atoms with Gasteiger partial charge in [-0.05, 0) is 62.6 Å². The van der Waals surface area contributed by atoms with Crippen LogP contribution in [0.1, 0.15) is 43.0 Å². The van der Waals surface area contributed by atoms with Crippen molar-refractivity contribution in [2.75, 3.05) is 17.7 Å². The lowest BCUT2D eigenvalue weighted by atomic mass is 9.99. The highest BCUT2D eigenvalue weighted by Gasteiger charge is 2.32. The van der Waals surface area contributed by atoms with Gasteiger partial charge in [0.05, 0.1) is 25.1 Å². The number of benzene rings is 2. The van der Waals surface area contributed by atoms with Crippen LogP contribution in [0.2, 0.25) is 0 Å². The number of nitrogens with one attached hydrogen (secondary N) is 1. The maximum atomic E-state index is 13.1. The number of sulfonamides is 1. The fourth-order valence-electron chi connectivity index (χ4n) is 3.40. The van der Waals surface area contributed by atoms with E-state index in [2.05, 4.69) is 5.32 Å². The maximum Gasteiger partial charge on any atom is 0.244 e. The second-order valence-electron chi connectivity index (χ2n) is 7.27. The van der Waals surface area contributed by atoms with Crippen molar-refractivity contribution in [3.05, 3.63) is 59.2 Å². The number of carbonyl (C=O) groups excluding carboxylic acids is 1. The number of methoxy groups -OCH3 is 1. The molecule has 158 valence electrons. The van der Waals surface area contributed by atoms with Crippen LogP contribution >= 0.6 is 0 Å². The molecule has 6 nitrogen and oxygen atoms in total. The quantitative estimate of drug-likeness (QED) is 0.709. The molecular weight excluding hydrogens is 388 g/mol. The molecule has 0 aliphatic carbocycles. The molecule has 0 aromatic heterocycles. The summed E-state index contributed by atoms with van der Waals surface area (Å²) in [5, 5.41) is 2.99. The molecular formula is C22H30N2O4S. The Morgan fingerprint density at radius 1 is 1.14 bits per heavy atom. The van der Waals surface area contributed by atoms with E-state index < -0.39 is 16.1 Å². The van der Waals surface area contributed by atoms with Crippen molar-refractivity contribution in [2.45, 2.75) is 46.2 Å². The van der Waals surface area contributed by atoms with Crippen molar-refractivity contribution >= 4 is 21.6 Å². The van der Waals surface area contributed by atoms with Crippen LogP contribution in [0, 0.1) is 13.8 Å². The Labute approximate surface area is 173 Å². The van der Waals surface area contributed by atoms with Gasteiger partial charge in [-0.1, -0.05) is 30.7 Å². The minimum atomic E-state index is -3.68. The molecule has 0 fully saturated rings. The number of hydrogen-bond acceptors (Lipinski definition) is 4. The Morgan fingerprint density at radius 2 is 1.76 bits per heavy atom. The Hall–Kier alpha value is -2.54. The number of amides is 1. The minimum absolute atomic E-state index is 0.242. The third kappa shape index (κ3) is 5.50. The molecule has 0 aliphatic rings. The second kappa shape index (κ2) is 9.31. The summed E-state index contributed by atoms with van der Waals surface area (Å²) < 4.78 is 31.4. The predicted octanol–water partition coefficient (Wildman–Crippen LogP) is 3.73. The van der Waals surface area contributed by atoms with E-state index in [0.717, 1.165) is 22.9 Å². The van der Waals surface area contributed by atoms with Gasteiger partial charge in [0, 0.05) is 0 Å². The van der Waals surface area contributed by atoms with Crippen LogP contribution in [-0.2, 0) is 14.8 Å². The monoisotopic (exact) mass is 418 g/mol. The number of nitrogens with zero attached hydrogens (tertiary/aromatic N) is 1. The van der Waals surface area contributed by atoms with Gasteiger partial charge < -0.3 is 10.1 Å². The van der Waals surface area contributed by atoms with Crippen LogP contribution in [0.25, 0.3) is 0 Å². The zero-order chi connectivity index (χ0) is 21.8. The molecule has 2 aromatic carbocycles. The first-order valence-corrected chi connectivity index (χ1v) is 11.4. The third-order valence-corrected chi connectivity index (χ3v) is 6.10. The van der Waals surface area contributed by atoms with E-state index in [1.807, 2.05) is 39.0 Å². The van der Waals surface area contributed by atoms with E-state index >= 15 is 0 Å². The van der Waals surface area contributed by atoms with Crippen molar-refractivity contribution in [1.29, 1.82) is 0 Å². The highest BCUT2D eigenvalue weighted by Crippen LogP contribution is 2.26. The zero-order valence-corrected chi connectivity index (χ0v) is 18.7. The number of anilines is 1. The SMILES string of the molecule is CCC(C(=O)NC(C)c1cc(C)ccc1C)N(c1ccc(OC)cc1)S(C)(=O)=O. The molecule has 2 rings (SSSR count). The summed E-state index contributed by atoms with van der Waals surface area (Å²) >= 11 is 0. The van der Waals surface area contributed by atoms with E-state index in [1.165, 1.54) is 4.31 Å². The number of ether oxygens (including phenoxy) is 1. The average molecular weight is 419 g/mol. The molecule has 0 spiro atoms. The Kier molecular flexibility index (Phi) is 7.30. The van der Waals surface area contributed by atoms with Gasteiger partial charge in [0.25, 0.3) is 0 Å². The van der Waals surface area contributed by atoms with Gasteiger partial charge in [-0.15, -0.1) is 0 Å². The molecule has 29 heavy (non-hydrogen) atoms. The van der Waals surface area contributed by atoms with Gasteiger partial charge in [-0.3, -0.25) is 9.10 Å². The Morgan fingerprint density at radius 3 is 2.28 bits per heavy atom. The van der Waals surface area contributed by atoms with Crippen LogP contribution in [0.4, 0.5) is 5.69 Å². The average Bonchev–Trinajstić information content (AvgIpc) is 2.66. The molecule has 0 bridgehead atoms. The van der Waals surface area contributed by atoms with Crippen LogP contribution in [-0.4, -0.2) is 33.7 Å². The van der Waals surface area contributed by atoms with Gasteiger partial charge in [0.15, 0.2) is 0 Å². The first-order chi connectivity index (χ1) is 13.6. The Bertz CT molecular complexity index is 955. The lowest BCUT2D eigenvalue weighted by Crippen LogP contribution is -2.49. The van der Waals surface area contributed by atoms with Crippen LogP contribution < -0.4 is 14.4 Å². The lowest BCUT2D eigenvalue weighted by molar-refractivity contribution is -0.122. The summed E-state index contributed by atoms with van der Waals surface area (Å²) in [6.07, 6.45) is 1.45. The fourth-order valence-corrected chi connectivity index (χ4v) is 4.61. The standard InChI is InChI=1S/C22H30N2O4S/c1-7-21(22(25)23-17(4)20-14-15(2)8-9-16(20)3)24(29(6,26)27)18-10-12-19(28-5)13-11-18/h8-14,17,21H,7H2,1-6H3,(H,23,25). The minimum Gasteiger partial charge on any atom is -0.497 e. The van der Waals surface area contributed by atoms with Gasteiger partial charge >= 0.3 is 0 Å². The summed E-state index contributed by atoms with van der Waals surface area (Å²) in [5.74, 6) is 0.283. The molecule has 0 saturated heterocycles. The van der Waals surface area contributed by atoms with Crippen molar-refractivity contribution in [3.8, 4) is 5.75 Å². The highest BCUT2D eigenvalue weighted by atomic mass is 32.2. The van der Waals surface area contributed by atoms with E-state index in [-0.39, 0.29) is 11.9 Å². The molecule has 0 saturated carbocycles. The topological polar surface area (TPSA) is 75.7 Å². The van der Waals surface area contributed by atoms with Crippen molar-refractivity contribution in [3.63, 3.8) is 0 Å². The molecule has 1 amide bonds. The first kappa shape index (κ1) is 22.7. The molecule has 0 radical (unpaired) electrons. The maximum absolute atomic E-state index is 13.1. The van der Waals surface area contributed by atoms with Crippen molar-refractivity contribution in [2.24, 2.45) is 0 Å². The third-order valence-electron chi connectivity index (χ3n) is 4.92. The normalized spacial score (nSPS) is 13.4. The molecule has 0 aliphatic heterocycles. The summed E-state index contributed by atoms with van der Waals surface area (Å²) in [6.45, 7) is 7.70. The van der Waals surface area contributed by atoms with Crippen molar-refractivity contribution in [1.82, 2.24) is 5.32 Å². The van der Waals surface area contributed by atoms with Gasteiger partial charge in [0.2, 0.25) is 15.9 Å². The van der Waals surface area contributed by atoms with Gasteiger partial charge in [-0.2, -0.15) is 0 Å². The lowest BCUT2D eigenvalue weighted by Gasteiger charge is -2.31. The van der Waals surface area contributed by atoms with E-state index in [1.54, 1.807) is 38.3 Å². The largest absolute Gasteiger partial charge is 0.497 e. The van der Waals surface area contributed by atoms with Gasteiger partial charge in [0.1, 0.15) is 11.8 Å². The fraction of sp³-hybridized carbons (Fsp3) is 0.409.